The SMILES string of the molecule is COc1cc(OC)c(NC(=O)Nc2cc(C(F)(F)F)nc3ccccc23)cc1Cl. The zero-order valence-corrected chi connectivity index (χ0v) is 16.0. The van der Waals surface area contributed by atoms with E-state index < -0.39 is 17.9 Å². The summed E-state index contributed by atoms with van der Waals surface area (Å²) in [6.07, 6.45) is -4.66. The van der Waals surface area contributed by atoms with Crippen LogP contribution in [0.2, 0.25) is 5.02 Å². The Kier molecular flexibility index (Phi) is 5.69. The van der Waals surface area contributed by atoms with Crippen LogP contribution in [0.25, 0.3) is 10.9 Å². The monoisotopic (exact) mass is 425 g/mol. The predicted octanol–water partition coefficient (Wildman–Crippen LogP) is 5.57. The summed E-state index contributed by atoms with van der Waals surface area (Å²) in [7, 11) is 2.81. The van der Waals surface area contributed by atoms with Gasteiger partial charge in [-0.25, -0.2) is 9.78 Å². The van der Waals surface area contributed by atoms with Gasteiger partial charge in [-0.05, 0) is 18.2 Å². The van der Waals surface area contributed by atoms with Crippen LogP contribution in [0.5, 0.6) is 11.5 Å². The molecule has 0 aliphatic heterocycles. The maximum Gasteiger partial charge on any atom is 0.433 e. The number of alkyl halides is 3. The highest BCUT2D eigenvalue weighted by atomic mass is 35.5. The summed E-state index contributed by atoms with van der Waals surface area (Å²) in [5.74, 6) is 0.599. The fourth-order valence-corrected chi connectivity index (χ4v) is 2.90. The number of nitrogens with one attached hydrogen (secondary N) is 2. The topological polar surface area (TPSA) is 72.5 Å². The first kappa shape index (κ1) is 20.5. The average molecular weight is 426 g/mol. The molecule has 0 atom stereocenters. The number of carbonyl (C=O) groups excluding carboxylic acids is 1. The number of anilines is 2. The van der Waals surface area contributed by atoms with Crippen LogP contribution in [0.15, 0.2) is 42.5 Å². The first-order valence-electron chi connectivity index (χ1n) is 8.19. The van der Waals surface area contributed by atoms with Gasteiger partial charge in [-0.2, -0.15) is 13.2 Å². The van der Waals surface area contributed by atoms with Gasteiger partial charge in [0.2, 0.25) is 0 Å². The number of ether oxygens (including phenoxy) is 2. The molecule has 6 nitrogen and oxygen atoms in total. The molecular formula is C19H15ClF3N3O3. The summed E-state index contributed by atoms with van der Waals surface area (Å²) in [4.78, 5) is 16.1. The first-order valence-corrected chi connectivity index (χ1v) is 8.57. The smallest absolute Gasteiger partial charge is 0.433 e. The molecular weight excluding hydrogens is 411 g/mol. The molecule has 2 amide bonds. The second kappa shape index (κ2) is 8.04. The summed E-state index contributed by atoms with van der Waals surface area (Å²) in [6, 6.07) is 9.06. The fourth-order valence-electron chi connectivity index (χ4n) is 2.66. The van der Waals surface area contributed by atoms with E-state index in [0.717, 1.165) is 6.07 Å². The van der Waals surface area contributed by atoms with Gasteiger partial charge in [0.15, 0.2) is 0 Å². The molecule has 0 spiro atoms. The molecule has 29 heavy (non-hydrogen) atoms. The molecule has 0 aliphatic rings. The van der Waals surface area contributed by atoms with Crippen LogP contribution in [-0.2, 0) is 6.18 Å². The molecule has 1 heterocycles. The van der Waals surface area contributed by atoms with E-state index in [0.29, 0.717) is 11.1 Å². The van der Waals surface area contributed by atoms with E-state index in [4.69, 9.17) is 21.1 Å². The van der Waals surface area contributed by atoms with Gasteiger partial charge in [0, 0.05) is 11.5 Å². The molecule has 0 aliphatic carbocycles. The number of aromatic nitrogens is 1. The quantitative estimate of drug-likeness (QED) is 0.573. The maximum absolute atomic E-state index is 13.2. The number of urea groups is 1. The van der Waals surface area contributed by atoms with Gasteiger partial charge in [0.25, 0.3) is 0 Å². The Labute approximate surface area is 168 Å². The second-order valence-corrected chi connectivity index (χ2v) is 6.24. The molecule has 0 radical (unpaired) electrons. The van der Waals surface area contributed by atoms with Gasteiger partial charge in [0.1, 0.15) is 17.2 Å². The number of pyridine rings is 1. The van der Waals surface area contributed by atoms with Crippen molar-refractivity contribution in [3.05, 3.63) is 53.2 Å². The van der Waals surface area contributed by atoms with Crippen molar-refractivity contribution in [2.24, 2.45) is 0 Å². The Morgan fingerprint density at radius 1 is 1.00 bits per heavy atom. The number of nitrogens with zero attached hydrogens (tertiary/aromatic N) is 1. The molecule has 3 rings (SSSR count). The van der Waals surface area contributed by atoms with E-state index in [9.17, 15) is 18.0 Å². The average Bonchev–Trinajstić information content (AvgIpc) is 2.67. The van der Waals surface area contributed by atoms with Gasteiger partial charge in [0.05, 0.1) is 36.1 Å². The second-order valence-electron chi connectivity index (χ2n) is 5.84. The summed E-state index contributed by atoms with van der Waals surface area (Å²) in [5, 5.41) is 5.51. The minimum atomic E-state index is -4.66. The highest BCUT2D eigenvalue weighted by Gasteiger charge is 2.33. The van der Waals surface area contributed by atoms with Crippen molar-refractivity contribution in [1.29, 1.82) is 0 Å². The normalized spacial score (nSPS) is 11.2. The van der Waals surface area contributed by atoms with Crippen molar-refractivity contribution in [3.8, 4) is 11.5 Å². The summed E-state index contributed by atoms with van der Waals surface area (Å²) >= 11 is 6.07. The van der Waals surface area contributed by atoms with E-state index >= 15 is 0 Å². The number of rotatable bonds is 4. The van der Waals surface area contributed by atoms with Crippen molar-refractivity contribution in [2.45, 2.75) is 6.18 Å². The highest BCUT2D eigenvalue weighted by molar-refractivity contribution is 6.32. The van der Waals surface area contributed by atoms with Crippen LogP contribution >= 0.6 is 11.6 Å². The van der Waals surface area contributed by atoms with E-state index in [2.05, 4.69) is 15.6 Å². The molecule has 0 fully saturated rings. The lowest BCUT2D eigenvalue weighted by molar-refractivity contribution is -0.140. The first-order chi connectivity index (χ1) is 13.7. The highest BCUT2D eigenvalue weighted by Crippen LogP contribution is 2.36. The van der Waals surface area contributed by atoms with E-state index in [1.165, 1.54) is 32.4 Å². The van der Waals surface area contributed by atoms with Crippen LogP contribution in [0.4, 0.5) is 29.3 Å². The number of halogens is 4. The van der Waals surface area contributed by atoms with Crippen LogP contribution in [0.3, 0.4) is 0 Å². The lowest BCUT2D eigenvalue weighted by Crippen LogP contribution is -2.21. The van der Waals surface area contributed by atoms with Crippen LogP contribution in [0, 0.1) is 0 Å². The van der Waals surface area contributed by atoms with Gasteiger partial charge in [-0.3, -0.25) is 0 Å². The van der Waals surface area contributed by atoms with Crippen molar-refractivity contribution in [3.63, 3.8) is 0 Å². The number of hydrogen-bond acceptors (Lipinski definition) is 4. The molecule has 0 saturated carbocycles. The van der Waals surface area contributed by atoms with Crippen molar-refractivity contribution in [2.75, 3.05) is 24.9 Å². The maximum atomic E-state index is 13.2. The molecule has 10 heteroatoms. The van der Waals surface area contributed by atoms with E-state index in [-0.39, 0.29) is 27.7 Å². The Bertz CT molecular complexity index is 1070. The molecule has 152 valence electrons. The Morgan fingerprint density at radius 2 is 1.66 bits per heavy atom. The zero-order valence-electron chi connectivity index (χ0n) is 15.2. The standard InChI is InChI=1S/C19H15ClF3N3O3/c1-28-15-9-16(29-2)14(7-11(15)20)26-18(27)25-13-8-17(19(21,22)23)24-12-6-4-3-5-10(12)13/h3-9H,1-2H3,(H2,24,25,26,27). The summed E-state index contributed by atoms with van der Waals surface area (Å²) in [6.45, 7) is 0. The third-order valence-corrected chi connectivity index (χ3v) is 4.27. The summed E-state index contributed by atoms with van der Waals surface area (Å²) in [5.41, 5.74) is -0.844. The Morgan fingerprint density at radius 3 is 2.31 bits per heavy atom. The van der Waals surface area contributed by atoms with Crippen LogP contribution in [-0.4, -0.2) is 25.2 Å². The lowest BCUT2D eigenvalue weighted by Gasteiger charge is -2.15. The minimum Gasteiger partial charge on any atom is -0.495 e. The van der Waals surface area contributed by atoms with Crippen molar-refractivity contribution >= 4 is 39.9 Å². The number of amides is 2. The van der Waals surface area contributed by atoms with Gasteiger partial charge >= 0.3 is 12.2 Å². The molecule has 2 aromatic carbocycles. The molecule has 3 aromatic rings. The number of hydrogen-bond donors (Lipinski definition) is 2. The van der Waals surface area contributed by atoms with E-state index in [1.807, 2.05) is 0 Å². The van der Waals surface area contributed by atoms with Crippen molar-refractivity contribution < 1.29 is 27.4 Å². The Hall–Kier alpha value is -3.20. The van der Waals surface area contributed by atoms with Gasteiger partial charge in [-0.15, -0.1) is 0 Å². The largest absolute Gasteiger partial charge is 0.495 e. The van der Waals surface area contributed by atoms with E-state index in [1.54, 1.807) is 18.2 Å². The summed E-state index contributed by atoms with van der Waals surface area (Å²) < 4.78 is 49.8. The van der Waals surface area contributed by atoms with Crippen LogP contribution < -0.4 is 20.1 Å². The number of carbonyl (C=O) groups is 1. The molecule has 2 N–H and O–H groups in total. The third kappa shape index (κ3) is 4.45. The minimum absolute atomic E-state index is 0.0426. The third-order valence-electron chi connectivity index (χ3n) is 3.98. The van der Waals surface area contributed by atoms with Crippen LogP contribution in [0.1, 0.15) is 5.69 Å². The fraction of sp³-hybridized carbons (Fsp3) is 0.158. The number of para-hydroxylation sites is 1. The Balaban J connectivity index is 1.94. The zero-order chi connectivity index (χ0) is 21.2. The molecule has 0 bridgehead atoms. The molecule has 0 unspecified atom stereocenters. The van der Waals surface area contributed by atoms with Gasteiger partial charge < -0.3 is 20.1 Å². The number of methoxy groups -OCH3 is 2. The number of benzene rings is 2. The van der Waals surface area contributed by atoms with Gasteiger partial charge in [-0.1, -0.05) is 29.8 Å². The predicted molar refractivity (Wildman–Crippen MR) is 104 cm³/mol. The molecule has 0 saturated heterocycles. The number of fused-ring (bicyclic) bond motifs is 1. The lowest BCUT2D eigenvalue weighted by atomic mass is 10.1. The molecule has 1 aromatic heterocycles. The van der Waals surface area contributed by atoms with Crippen molar-refractivity contribution in [1.82, 2.24) is 4.98 Å².